The van der Waals surface area contributed by atoms with Crippen molar-refractivity contribution in [3.05, 3.63) is 137 Å². The largest absolute Gasteiger partial charge is 0.495 e. The van der Waals surface area contributed by atoms with Gasteiger partial charge in [-0.3, -0.25) is 4.79 Å². The SMILES string of the molecule is C=C(N)Nc1cc(C(=O)OC)ccc1OC.CC(C)n1cc(C(=O)/C=C/N(C)C)c2ccnc(Cl)c21.COC(=O)c1ccc(OC)c(Nc2nccc(-c3cn(C(C)C)c4c(Cl)nccc34)n2)c1.ICI. The summed E-state index contributed by atoms with van der Waals surface area (Å²) in [5, 5.41) is 8.60. The molecule has 17 nitrogen and oxygen atoms in total. The van der Waals surface area contributed by atoms with Crippen molar-refractivity contribution in [3.8, 4) is 22.8 Å². The third-order valence-corrected chi connectivity index (χ3v) is 10.6. The van der Waals surface area contributed by atoms with Gasteiger partial charge in [0.2, 0.25) is 5.95 Å². The molecule has 0 aliphatic rings. The molecule has 5 heterocycles. The predicted octanol–water partition coefficient (Wildman–Crippen LogP) is 11.9. The molecule has 21 heteroatoms. The summed E-state index contributed by atoms with van der Waals surface area (Å²) in [7, 11) is 9.48. The lowest BCUT2D eigenvalue weighted by atomic mass is 10.1. The molecular weight excluding hydrogens is 1180 g/mol. The van der Waals surface area contributed by atoms with Gasteiger partial charge in [-0.1, -0.05) is 75.0 Å². The zero-order valence-electron chi connectivity index (χ0n) is 40.9. The van der Waals surface area contributed by atoms with Crippen molar-refractivity contribution in [3.63, 3.8) is 0 Å². The van der Waals surface area contributed by atoms with E-state index in [1.54, 1.807) is 74.4 Å². The van der Waals surface area contributed by atoms with E-state index >= 15 is 0 Å². The van der Waals surface area contributed by atoms with Crippen LogP contribution < -0.4 is 25.8 Å². The summed E-state index contributed by atoms with van der Waals surface area (Å²) in [6.45, 7) is 11.8. The van der Waals surface area contributed by atoms with Gasteiger partial charge in [0.05, 0.1) is 75.9 Å². The van der Waals surface area contributed by atoms with Crippen LogP contribution in [0, 0.1) is 0 Å². The first-order valence-corrected chi connectivity index (χ1v) is 25.3. The zero-order valence-corrected chi connectivity index (χ0v) is 46.7. The monoisotopic (exact) mass is 1230 g/mol. The van der Waals surface area contributed by atoms with Crippen molar-refractivity contribution >= 4 is 125 Å². The van der Waals surface area contributed by atoms with Crippen molar-refractivity contribution in [1.82, 2.24) is 34.0 Å². The molecule has 376 valence electrons. The summed E-state index contributed by atoms with van der Waals surface area (Å²) in [6.07, 6.45) is 12.2. The number of ketones is 1. The molecule has 0 aliphatic heterocycles. The molecular formula is C50H56Cl2I2N10O7. The van der Waals surface area contributed by atoms with Gasteiger partial charge in [0.25, 0.3) is 0 Å². The first kappa shape index (κ1) is 57.4. The summed E-state index contributed by atoms with van der Waals surface area (Å²) in [5.41, 5.74) is 11.3. The zero-order chi connectivity index (χ0) is 52.5. The fraction of sp³-hybridized carbons (Fsp3) is 0.260. The highest BCUT2D eigenvalue weighted by atomic mass is 127. The standard InChI is InChI=1S/C23H22ClN5O3.C15H18ClN3O.C11H14N2O3.CH2I2/c1-13(2)29-12-16(15-7-9-25-21(24)20(15)29)17-8-10-26-23(27-17)28-18-11-14(22(30)32-4)5-6-19(18)31-3;1-10(2)19-9-12(13(20)6-8-18(3)4)11-5-7-17-15(16)14(11)19;1-7(12)13-9-6-8(11(14)16-3)4-5-10(9)15-2;2-1-3/h5-13H,1-4H3,(H,26,27,28);5-10H,1-4H3;4-6,13H,1,12H2,2-3H3;1H2/b;8-6+;;. The van der Waals surface area contributed by atoms with E-state index in [1.165, 1.54) is 23.8 Å². The number of halogens is 4. The quantitative estimate of drug-likeness (QED) is 0.0231. The lowest BCUT2D eigenvalue weighted by molar-refractivity contribution is 0.0592. The van der Waals surface area contributed by atoms with E-state index in [2.05, 4.69) is 100 Å². The molecule has 71 heavy (non-hydrogen) atoms. The Balaban J connectivity index is 0.000000241. The number of rotatable bonds is 14. The van der Waals surface area contributed by atoms with Crippen LogP contribution in [0.25, 0.3) is 33.1 Å². The average molecular weight is 1230 g/mol. The summed E-state index contributed by atoms with van der Waals surface area (Å²) in [4.78, 5) is 54.7. The number of nitrogens with zero attached hydrogens (tertiary/aromatic N) is 7. The molecule has 5 aromatic heterocycles. The Labute approximate surface area is 450 Å². The number of methoxy groups -OCH3 is 4. The first-order valence-electron chi connectivity index (χ1n) is 21.5. The predicted molar refractivity (Wildman–Crippen MR) is 300 cm³/mol. The van der Waals surface area contributed by atoms with E-state index in [-0.39, 0.29) is 23.7 Å². The van der Waals surface area contributed by atoms with Crippen LogP contribution in [0.5, 0.6) is 11.5 Å². The Morgan fingerprint density at radius 2 is 1.25 bits per heavy atom. The number of ether oxygens (including phenoxy) is 4. The summed E-state index contributed by atoms with van der Waals surface area (Å²) in [6, 6.07) is 15.8. The minimum atomic E-state index is -0.447. The third-order valence-electron chi connectivity index (χ3n) is 10.0. The molecule has 0 saturated heterocycles. The number of fused-ring (bicyclic) bond motifs is 2. The van der Waals surface area contributed by atoms with Gasteiger partial charge < -0.3 is 49.3 Å². The maximum absolute atomic E-state index is 12.3. The fourth-order valence-corrected chi connectivity index (χ4v) is 7.33. The smallest absolute Gasteiger partial charge is 0.337 e. The van der Waals surface area contributed by atoms with E-state index in [1.807, 2.05) is 68.0 Å². The number of anilines is 3. The highest BCUT2D eigenvalue weighted by Crippen LogP contribution is 2.36. The number of carbonyl (C=O) groups excluding carboxylic acids is 3. The molecule has 0 spiro atoms. The van der Waals surface area contributed by atoms with Gasteiger partial charge in [0.1, 0.15) is 11.5 Å². The number of nitrogens with two attached hydrogens (primary N) is 1. The van der Waals surface area contributed by atoms with Crippen LogP contribution in [-0.2, 0) is 9.47 Å². The molecule has 2 aromatic carbocycles. The van der Waals surface area contributed by atoms with Crippen LogP contribution in [0.1, 0.15) is 70.9 Å². The van der Waals surface area contributed by atoms with Gasteiger partial charge in [0.15, 0.2) is 16.1 Å². The summed E-state index contributed by atoms with van der Waals surface area (Å²) in [5.74, 6) is 0.824. The number of esters is 2. The number of hydrogen-bond donors (Lipinski definition) is 3. The Hall–Kier alpha value is -6.17. The number of nitrogens with one attached hydrogen (secondary N) is 2. The van der Waals surface area contributed by atoms with Crippen molar-refractivity contribution in [2.45, 2.75) is 39.8 Å². The molecule has 0 fully saturated rings. The molecule has 0 radical (unpaired) electrons. The van der Waals surface area contributed by atoms with Crippen molar-refractivity contribution < 1.29 is 33.3 Å². The Kier molecular flexibility index (Phi) is 22.2. The van der Waals surface area contributed by atoms with Crippen molar-refractivity contribution in [1.29, 1.82) is 0 Å². The number of benzene rings is 2. The molecule has 0 saturated carbocycles. The minimum Gasteiger partial charge on any atom is -0.495 e. The molecule has 0 aliphatic carbocycles. The summed E-state index contributed by atoms with van der Waals surface area (Å²) < 4.78 is 25.2. The number of alkyl halides is 2. The first-order chi connectivity index (χ1) is 33.8. The number of hydrogen-bond acceptors (Lipinski definition) is 15. The van der Waals surface area contributed by atoms with E-state index in [0.29, 0.717) is 55.8 Å². The average Bonchev–Trinajstić information content (AvgIpc) is 3.95. The maximum Gasteiger partial charge on any atom is 0.337 e. The molecule has 0 unspecified atom stereocenters. The van der Waals surface area contributed by atoms with Crippen LogP contribution in [0.15, 0.2) is 110 Å². The molecule has 7 rings (SSSR count). The number of aromatic nitrogens is 6. The number of pyridine rings is 2. The highest BCUT2D eigenvalue weighted by Gasteiger charge is 2.20. The second kappa shape index (κ2) is 27.4. The highest BCUT2D eigenvalue weighted by molar-refractivity contribution is 14.2. The normalized spacial score (nSPS) is 10.6. The maximum atomic E-state index is 12.3. The van der Waals surface area contributed by atoms with Crippen LogP contribution in [0.4, 0.5) is 17.3 Å². The van der Waals surface area contributed by atoms with Crippen LogP contribution in [0.2, 0.25) is 10.3 Å². The molecule has 0 bridgehead atoms. The molecule has 0 amide bonds. The summed E-state index contributed by atoms with van der Waals surface area (Å²) >= 11 is 17.1. The Bertz CT molecular complexity index is 3010. The van der Waals surface area contributed by atoms with Crippen LogP contribution >= 0.6 is 68.4 Å². The van der Waals surface area contributed by atoms with Gasteiger partial charge >= 0.3 is 11.9 Å². The van der Waals surface area contributed by atoms with Gasteiger partial charge in [-0.25, -0.2) is 29.5 Å². The fourth-order valence-electron chi connectivity index (χ4n) is 6.81. The van der Waals surface area contributed by atoms with Gasteiger partial charge in [-0.05, 0) is 82.3 Å². The van der Waals surface area contributed by atoms with E-state index < -0.39 is 11.9 Å². The van der Waals surface area contributed by atoms with Crippen molar-refractivity contribution in [2.75, 3.05) is 55.6 Å². The lowest BCUT2D eigenvalue weighted by Gasteiger charge is -2.12. The van der Waals surface area contributed by atoms with Crippen molar-refractivity contribution in [2.24, 2.45) is 5.73 Å². The van der Waals surface area contributed by atoms with Crippen LogP contribution in [0.3, 0.4) is 0 Å². The number of carbonyl (C=O) groups is 3. The second-order valence-corrected chi connectivity index (χ2v) is 20.8. The molecule has 4 N–H and O–H groups in total. The Morgan fingerprint density at radius 1 is 0.761 bits per heavy atom. The molecule has 7 aromatic rings. The second-order valence-electron chi connectivity index (χ2n) is 15.7. The lowest BCUT2D eigenvalue weighted by Crippen LogP contribution is -2.09. The van der Waals surface area contributed by atoms with E-state index in [4.69, 9.17) is 48.1 Å². The number of allylic oxidation sites excluding steroid dienone is 1. The molecule has 0 atom stereocenters. The van der Waals surface area contributed by atoms with E-state index in [0.717, 1.165) is 33.1 Å². The van der Waals surface area contributed by atoms with Gasteiger partial charge in [-0.15, -0.1) is 0 Å². The Morgan fingerprint density at radius 3 is 1.76 bits per heavy atom. The van der Waals surface area contributed by atoms with E-state index in [9.17, 15) is 14.4 Å². The van der Waals surface area contributed by atoms with Gasteiger partial charge in [-0.2, -0.15) is 0 Å². The topological polar surface area (TPSA) is 203 Å². The van der Waals surface area contributed by atoms with Gasteiger partial charge in [0, 0.05) is 91.3 Å². The third kappa shape index (κ3) is 15.2. The minimum absolute atomic E-state index is 0.0367. The van der Waals surface area contributed by atoms with Crippen LogP contribution in [-0.4, -0.2) is 96.7 Å².